The third kappa shape index (κ3) is 57.9. The van der Waals surface area contributed by atoms with Gasteiger partial charge in [-0.15, -0.1) is 0 Å². The van der Waals surface area contributed by atoms with Crippen molar-refractivity contribution in [1.29, 1.82) is 0 Å². The van der Waals surface area contributed by atoms with Gasteiger partial charge in [0.2, 0.25) is 5.91 Å². The van der Waals surface area contributed by atoms with Crippen LogP contribution in [0, 0.1) is 0 Å². The molecular weight excluding hydrogens is 887 g/mol. The number of aliphatic hydroxyl groups is 2. The first-order chi connectivity index (χ1) is 35.5. The van der Waals surface area contributed by atoms with E-state index in [0.29, 0.717) is 19.4 Å². The second-order valence-corrected chi connectivity index (χ2v) is 22.8. The Hall–Kier alpha value is -1.40. The largest absolute Gasteiger partial charge is 0.466 e. The Kier molecular flexibility index (Phi) is 60.9. The van der Waals surface area contributed by atoms with Crippen molar-refractivity contribution in [2.24, 2.45) is 0 Å². The molecule has 3 N–H and O–H groups in total. The van der Waals surface area contributed by atoms with Crippen LogP contribution in [0.2, 0.25) is 0 Å². The summed E-state index contributed by atoms with van der Waals surface area (Å²) >= 11 is 0. The molecule has 0 saturated heterocycles. The molecule has 2 unspecified atom stereocenters. The first-order valence-corrected chi connectivity index (χ1v) is 33.0. The molecule has 2 atom stereocenters. The predicted molar refractivity (Wildman–Crippen MR) is 315 cm³/mol. The summed E-state index contributed by atoms with van der Waals surface area (Å²) in [6.07, 6.45) is 75.7. The molecule has 1 amide bonds. The van der Waals surface area contributed by atoms with Gasteiger partial charge in [0.15, 0.2) is 0 Å². The summed E-state index contributed by atoms with van der Waals surface area (Å²) in [5.41, 5.74) is 0. The van der Waals surface area contributed by atoms with Gasteiger partial charge in [0, 0.05) is 12.8 Å². The molecule has 0 aromatic rings. The number of ether oxygens (including phenoxy) is 1. The van der Waals surface area contributed by atoms with Crippen LogP contribution in [0.5, 0.6) is 0 Å². The van der Waals surface area contributed by atoms with Gasteiger partial charge < -0.3 is 20.3 Å². The molecule has 6 nitrogen and oxygen atoms in total. The third-order valence-electron chi connectivity index (χ3n) is 15.6. The van der Waals surface area contributed by atoms with Gasteiger partial charge in [-0.05, 0) is 32.1 Å². The zero-order chi connectivity index (χ0) is 52.2. The lowest BCUT2D eigenvalue weighted by molar-refractivity contribution is -0.143. The van der Waals surface area contributed by atoms with E-state index in [1.807, 2.05) is 6.08 Å². The lowest BCUT2D eigenvalue weighted by atomic mass is 10.0. The maximum absolute atomic E-state index is 12.5. The van der Waals surface area contributed by atoms with Gasteiger partial charge in [0.1, 0.15) is 0 Å². The smallest absolute Gasteiger partial charge is 0.305 e. The van der Waals surface area contributed by atoms with Crippen LogP contribution in [0.15, 0.2) is 12.2 Å². The molecule has 0 heterocycles. The number of amides is 1. The van der Waals surface area contributed by atoms with Crippen molar-refractivity contribution in [3.63, 3.8) is 0 Å². The molecular formula is C66H129NO5. The number of rotatable bonds is 62. The molecule has 0 aliphatic carbocycles. The van der Waals surface area contributed by atoms with E-state index < -0.39 is 12.1 Å². The molecule has 0 bridgehead atoms. The van der Waals surface area contributed by atoms with Gasteiger partial charge in [-0.1, -0.05) is 341 Å². The summed E-state index contributed by atoms with van der Waals surface area (Å²) in [4.78, 5) is 24.5. The fraction of sp³-hybridized carbons (Fsp3) is 0.939. The maximum atomic E-state index is 12.5. The zero-order valence-electron chi connectivity index (χ0n) is 48.9. The van der Waals surface area contributed by atoms with Crippen LogP contribution in [0.1, 0.15) is 373 Å². The molecule has 0 aliphatic heterocycles. The normalized spacial score (nSPS) is 12.6. The van der Waals surface area contributed by atoms with Crippen LogP contribution in [0.25, 0.3) is 0 Å². The average Bonchev–Trinajstić information content (AvgIpc) is 3.38. The highest BCUT2D eigenvalue weighted by atomic mass is 16.5. The minimum Gasteiger partial charge on any atom is -0.466 e. The molecule has 0 aromatic heterocycles. The van der Waals surface area contributed by atoms with Crippen LogP contribution in [-0.2, 0) is 14.3 Å². The number of carbonyl (C=O) groups is 2. The zero-order valence-corrected chi connectivity index (χ0v) is 48.9. The Labute approximate surface area is 450 Å². The Balaban J connectivity index is 3.33. The van der Waals surface area contributed by atoms with Gasteiger partial charge in [0.05, 0.1) is 25.4 Å². The van der Waals surface area contributed by atoms with E-state index in [9.17, 15) is 19.8 Å². The third-order valence-corrected chi connectivity index (χ3v) is 15.6. The highest BCUT2D eigenvalue weighted by Gasteiger charge is 2.18. The predicted octanol–water partition coefficient (Wildman–Crippen LogP) is 20.8. The molecule has 0 aliphatic rings. The highest BCUT2D eigenvalue weighted by Crippen LogP contribution is 2.19. The summed E-state index contributed by atoms with van der Waals surface area (Å²) in [6, 6.07) is -0.623. The number of hydrogen-bond acceptors (Lipinski definition) is 5. The van der Waals surface area contributed by atoms with E-state index in [0.717, 1.165) is 38.5 Å². The minimum absolute atomic E-state index is 0.0210. The summed E-state index contributed by atoms with van der Waals surface area (Å²) < 4.78 is 5.48. The summed E-state index contributed by atoms with van der Waals surface area (Å²) in [5, 5.41) is 23.1. The first-order valence-electron chi connectivity index (χ1n) is 33.0. The Morgan fingerprint density at radius 3 is 0.944 bits per heavy atom. The Morgan fingerprint density at radius 1 is 0.375 bits per heavy atom. The van der Waals surface area contributed by atoms with Gasteiger partial charge in [0.25, 0.3) is 0 Å². The quantitative estimate of drug-likeness (QED) is 0.0320. The van der Waals surface area contributed by atoms with Crippen molar-refractivity contribution < 1.29 is 24.5 Å². The number of allylic oxidation sites excluding steroid dienone is 1. The topological polar surface area (TPSA) is 95.9 Å². The molecule has 0 fully saturated rings. The number of hydrogen-bond donors (Lipinski definition) is 3. The Bertz CT molecular complexity index is 1080. The fourth-order valence-corrected chi connectivity index (χ4v) is 10.5. The number of carbonyl (C=O) groups excluding carboxylic acids is 2. The molecule has 428 valence electrons. The van der Waals surface area contributed by atoms with E-state index in [1.54, 1.807) is 6.08 Å². The van der Waals surface area contributed by atoms with E-state index in [-0.39, 0.29) is 18.5 Å². The van der Waals surface area contributed by atoms with Gasteiger partial charge >= 0.3 is 5.97 Å². The van der Waals surface area contributed by atoms with Crippen LogP contribution < -0.4 is 5.32 Å². The maximum Gasteiger partial charge on any atom is 0.305 e. The summed E-state index contributed by atoms with van der Waals surface area (Å²) in [5.74, 6) is -0.0413. The second kappa shape index (κ2) is 62.1. The SMILES string of the molecule is CCCCCCCCCCCCC/C=C/C(O)C(CO)NC(=O)CCCCCCCCCCCCCCCCCCCCCCCCCCCCCCCCOC(=O)CCCCCCCCCCCCCC. The average molecular weight is 1020 g/mol. The molecule has 0 saturated carbocycles. The standard InChI is InChI=1S/C66H129NO5/c1-3-5-7-9-11-13-15-35-38-42-46-50-54-58-64(69)63(62-68)67-65(70)59-55-51-47-43-39-36-33-31-29-27-25-23-21-19-17-18-20-22-24-26-28-30-32-34-37-41-45-49-53-57-61-72-66(71)60-56-52-48-44-40-16-14-12-10-8-6-4-2/h54,58,63-64,68-69H,3-53,55-57,59-62H2,1-2H3,(H,67,70)/b58-54+. The van der Waals surface area contributed by atoms with Crippen molar-refractivity contribution in [3.05, 3.63) is 12.2 Å². The fourth-order valence-electron chi connectivity index (χ4n) is 10.5. The number of nitrogens with one attached hydrogen (secondary N) is 1. The van der Waals surface area contributed by atoms with E-state index >= 15 is 0 Å². The number of aliphatic hydroxyl groups excluding tert-OH is 2. The molecule has 0 aromatic carbocycles. The monoisotopic (exact) mass is 1020 g/mol. The van der Waals surface area contributed by atoms with E-state index in [1.165, 1.54) is 308 Å². The van der Waals surface area contributed by atoms with Gasteiger partial charge in [-0.25, -0.2) is 0 Å². The highest BCUT2D eigenvalue weighted by molar-refractivity contribution is 5.76. The Morgan fingerprint density at radius 2 is 0.639 bits per heavy atom. The van der Waals surface area contributed by atoms with Crippen molar-refractivity contribution in [1.82, 2.24) is 5.32 Å². The lowest BCUT2D eigenvalue weighted by Gasteiger charge is -2.20. The second-order valence-electron chi connectivity index (χ2n) is 22.8. The number of unbranched alkanes of at least 4 members (excludes halogenated alkanes) is 51. The van der Waals surface area contributed by atoms with Crippen molar-refractivity contribution in [2.45, 2.75) is 386 Å². The van der Waals surface area contributed by atoms with Crippen LogP contribution in [0.3, 0.4) is 0 Å². The van der Waals surface area contributed by atoms with Crippen molar-refractivity contribution in [3.8, 4) is 0 Å². The molecule has 0 radical (unpaired) electrons. The minimum atomic E-state index is -0.840. The molecule has 0 rings (SSSR count). The van der Waals surface area contributed by atoms with Crippen LogP contribution in [-0.4, -0.2) is 47.4 Å². The van der Waals surface area contributed by atoms with E-state index in [4.69, 9.17) is 4.74 Å². The first kappa shape index (κ1) is 70.6. The van der Waals surface area contributed by atoms with Gasteiger partial charge in [-0.3, -0.25) is 9.59 Å². The molecule has 72 heavy (non-hydrogen) atoms. The van der Waals surface area contributed by atoms with Gasteiger partial charge in [-0.2, -0.15) is 0 Å². The lowest BCUT2D eigenvalue weighted by Crippen LogP contribution is -2.45. The van der Waals surface area contributed by atoms with Crippen molar-refractivity contribution >= 4 is 11.9 Å². The summed E-state index contributed by atoms with van der Waals surface area (Å²) in [6.45, 7) is 4.93. The van der Waals surface area contributed by atoms with E-state index in [2.05, 4.69) is 19.2 Å². The summed E-state index contributed by atoms with van der Waals surface area (Å²) in [7, 11) is 0. The number of esters is 1. The molecule has 0 spiro atoms. The van der Waals surface area contributed by atoms with Crippen LogP contribution >= 0.6 is 0 Å². The van der Waals surface area contributed by atoms with Crippen LogP contribution in [0.4, 0.5) is 0 Å². The molecule has 6 heteroatoms. The van der Waals surface area contributed by atoms with Crippen molar-refractivity contribution in [2.75, 3.05) is 13.2 Å².